The second-order valence-electron chi connectivity index (χ2n) is 7.62. The van der Waals surface area contributed by atoms with Gasteiger partial charge in [-0.2, -0.15) is 0 Å². The molecule has 0 radical (unpaired) electrons. The summed E-state index contributed by atoms with van der Waals surface area (Å²) in [4.78, 5) is 28.9. The Hall–Kier alpha value is -3.39. The molecular weight excluding hydrogens is 432 g/mol. The Morgan fingerprint density at radius 3 is 2.53 bits per heavy atom. The molecule has 1 spiro atoms. The minimum Gasteiger partial charge on any atom is -0.308 e. The van der Waals surface area contributed by atoms with E-state index in [1.807, 2.05) is 24.3 Å². The van der Waals surface area contributed by atoms with Crippen molar-refractivity contribution < 1.29 is 18.4 Å². The van der Waals surface area contributed by atoms with Gasteiger partial charge in [0, 0.05) is 23.5 Å². The minimum atomic E-state index is -1.22. The molecule has 2 aliphatic heterocycles. The third kappa shape index (κ3) is 3.31. The second-order valence-corrected chi connectivity index (χ2v) is 8.91. The lowest BCUT2D eigenvalue weighted by atomic mass is 10.1. The number of carbonyl (C=O) groups excluding carboxylic acids is 2. The molecule has 2 aliphatic rings. The van der Waals surface area contributed by atoms with Crippen molar-refractivity contribution in [1.82, 2.24) is 4.90 Å². The van der Waals surface area contributed by atoms with Gasteiger partial charge < -0.3 is 10.2 Å². The fraction of sp³-hybridized carbons (Fsp3) is 0.167. The van der Waals surface area contributed by atoms with E-state index >= 15 is 0 Å². The highest BCUT2D eigenvalue weighted by molar-refractivity contribution is 8.01. The number of benzene rings is 3. The van der Waals surface area contributed by atoms with Gasteiger partial charge in [-0.15, -0.1) is 11.8 Å². The van der Waals surface area contributed by atoms with Gasteiger partial charge in [-0.1, -0.05) is 36.4 Å². The molecule has 1 fully saturated rings. The Bertz CT molecular complexity index is 1220. The van der Waals surface area contributed by atoms with Crippen LogP contribution in [0.3, 0.4) is 0 Å². The molecule has 2 heterocycles. The van der Waals surface area contributed by atoms with Gasteiger partial charge in [0.25, 0.3) is 5.91 Å². The first-order chi connectivity index (χ1) is 15.5. The van der Waals surface area contributed by atoms with Gasteiger partial charge in [0.05, 0.1) is 12.2 Å². The zero-order valence-corrected chi connectivity index (χ0v) is 17.7. The molecule has 5 nitrogen and oxygen atoms in total. The van der Waals surface area contributed by atoms with Gasteiger partial charge in [0.2, 0.25) is 0 Å². The van der Waals surface area contributed by atoms with Crippen molar-refractivity contribution in [2.45, 2.75) is 11.4 Å². The first-order valence-electron chi connectivity index (χ1n) is 10.1. The van der Waals surface area contributed by atoms with E-state index in [4.69, 9.17) is 0 Å². The monoisotopic (exact) mass is 451 g/mol. The summed E-state index contributed by atoms with van der Waals surface area (Å²) in [6.07, 6.45) is 0. The number of hydrogen-bond donors (Lipinski definition) is 1. The van der Waals surface area contributed by atoms with Gasteiger partial charge in [-0.25, -0.2) is 13.6 Å². The highest BCUT2D eigenvalue weighted by atomic mass is 32.2. The first-order valence-corrected chi connectivity index (χ1v) is 11.1. The van der Waals surface area contributed by atoms with Gasteiger partial charge in [-0.3, -0.25) is 9.69 Å². The lowest BCUT2D eigenvalue weighted by Gasteiger charge is -2.33. The fourth-order valence-electron chi connectivity index (χ4n) is 4.30. The Morgan fingerprint density at radius 2 is 1.75 bits per heavy atom. The number of carbonyl (C=O) groups is 2. The van der Waals surface area contributed by atoms with Gasteiger partial charge >= 0.3 is 6.03 Å². The summed E-state index contributed by atoms with van der Waals surface area (Å²) >= 11 is 1.40. The van der Waals surface area contributed by atoms with E-state index < -0.39 is 16.7 Å². The molecule has 0 unspecified atom stereocenters. The second kappa shape index (κ2) is 7.94. The predicted octanol–water partition coefficient (Wildman–Crippen LogP) is 4.95. The lowest BCUT2D eigenvalue weighted by Crippen LogP contribution is -2.51. The fourth-order valence-corrected chi connectivity index (χ4v) is 5.76. The molecule has 1 saturated heterocycles. The molecule has 1 N–H and O–H groups in total. The Balaban J connectivity index is 1.51. The first kappa shape index (κ1) is 20.5. The standard InChI is InChI=1S/C24H19F2N3O2S/c25-17-6-3-5-16(13-17)15-28-21-10-2-1-9-20(21)24(22(28)30)29(11-12-32-24)23(31)27-19-8-4-7-18(26)14-19/h1-10,13-14H,11-12,15H2,(H,27,31)/t24-/m1/s1. The number of para-hydroxylation sites is 1. The highest BCUT2D eigenvalue weighted by Gasteiger charge is 2.59. The Morgan fingerprint density at radius 1 is 1.00 bits per heavy atom. The summed E-state index contributed by atoms with van der Waals surface area (Å²) in [6.45, 7) is 0.551. The lowest BCUT2D eigenvalue weighted by molar-refractivity contribution is -0.123. The van der Waals surface area contributed by atoms with Crippen molar-refractivity contribution in [3.8, 4) is 0 Å². The van der Waals surface area contributed by atoms with E-state index in [2.05, 4.69) is 5.32 Å². The van der Waals surface area contributed by atoms with Crippen molar-refractivity contribution in [1.29, 1.82) is 0 Å². The third-order valence-corrected chi connectivity index (χ3v) is 7.07. The largest absolute Gasteiger partial charge is 0.323 e. The average molecular weight is 451 g/mol. The van der Waals surface area contributed by atoms with Crippen LogP contribution in [0.5, 0.6) is 0 Å². The van der Waals surface area contributed by atoms with Crippen LogP contribution in [0.15, 0.2) is 72.8 Å². The number of amides is 3. The van der Waals surface area contributed by atoms with Crippen molar-refractivity contribution in [3.05, 3.63) is 95.6 Å². The highest BCUT2D eigenvalue weighted by Crippen LogP contribution is 2.54. The molecular formula is C24H19F2N3O2S. The van der Waals surface area contributed by atoms with Crippen LogP contribution in [0.25, 0.3) is 0 Å². The molecule has 0 saturated carbocycles. The molecule has 162 valence electrons. The molecule has 3 aromatic carbocycles. The summed E-state index contributed by atoms with van der Waals surface area (Å²) < 4.78 is 27.3. The number of halogens is 2. The normalized spacial score (nSPS) is 19.5. The van der Waals surface area contributed by atoms with Gasteiger partial charge in [0.15, 0.2) is 4.87 Å². The smallest absolute Gasteiger partial charge is 0.308 e. The van der Waals surface area contributed by atoms with Crippen LogP contribution in [0.4, 0.5) is 25.0 Å². The molecule has 0 aromatic heterocycles. The van der Waals surface area contributed by atoms with Crippen LogP contribution in [0, 0.1) is 11.6 Å². The summed E-state index contributed by atoms with van der Waals surface area (Å²) in [7, 11) is 0. The van der Waals surface area contributed by atoms with Crippen LogP contribution in [0.1, 0.15) is 11.1 Å². The third-order valence-electron chi connectivity index (χ3n) is 5.65. The van der Waals surface area contributed by atoms with E-state index in [0.29, 0.717) is 29.2 Å². The Labute approximate surface area is 188 Å². The maximum atomic E-state index is 13.8. The minimum absolute atomic E-state index is 0.190. The zero-order valence-electron chi connectivity index (χ0n) is 16.9. The van der Waals surface area contributed by atoms with Crippen molar-refractivity contribution in [2.24, 2.45) is 0 Å². The zero-order chi connectivity index (χ0) is 22.3. The number of nitrogens with zero attached hydrogens (tertiary/aromatic N) is 2. The number of fused-ring (bicyclic) bond motifs is 2. The number of nitrogens with one attached hydrogen (secondary N) is 1. The number of thioether (sulfide) groups is 1. The molecule has 1 atom stereocenters. The molecule has 5 rings (SSSR count). The van der Waals surface area contributed by atoms with Gasteiger partial charge in [0.1, 0.15) is 11.6 Å². The van der Waals surface area contributed by atoms with E-state index in [0.717, 1.165) is 5.56 Å². The average Bonchev–Trinajstić information content (AvgIpc) is 3.31. The quantitative estimate of drug-likeness (QED) is 0.613. The molecule has 3 amide bonds. The summed E-state index contributed by atoms with van der Waals surface area (Å²) in [5, 5.41) is 2.71. The molecule has 0 bridgehead atoms. The summed E-state index contributed by atoms with van der Waals surface area (Å²) in [5.74, 6) is -0.509. The maximum absolute atomic E-state index is 13.8. The Kier molecular flexibility index (Phi) is 5.09. The summed E-state index contributed by atoms with van der Waals surface area (Å²) in [5.41, 5.74) is 2.39. The van der Waals surface area contributed by atoms with E-state index in [1.54, 1.807) is 23.1 Å². The van der Waals surface area contributed by atoms with Crippen molar-refractivity contribution in [3.63, 3.8) is 0 Å². The van der Waals surface area contributed by atoms with Crippen LogP contribution < -0.4 is 10.2 Å². The number of hydrogen-bond acceptors (Lipinski definition) is 3. The number of rotatable bonds is 3. The SMILES string of the molecule is O=C(Nc1cccc(F)c1)N1CCS[C@]12C(=O)N(Cc1cccc(F)c1)c1ccccc12. The molecule has 3 aromatic rings. The summed E-state index contributed by atoms with van der Waals surface area (Å²) in [6, 6.07) is 18.6. The van der Waals surface area contributed by atoms with Crippen LogP contribution in [0.2, 0.25) is 0 Å². The van der Waals surface area contributed by atoms with Gasteiger partial charge in [-0.05, 0) is 42.0 Å². The van der Waals surface area contributed by atoms with Crippen molar-refractivity contribution in [2.75, 3.05) is 22.5 Å². The van der Waals surface area contributed by atoms with E-state index in [1.165, 1.54) is 47.0 Å². The predicted molar refractivity (Wildman–Crippen MR) is 120 cm³/mol. The molecule has 32 heavy (non-hydrogen) atoms. The van der Waals surface area contributed by atoms with Crippen LogP contribution in [-0.2, 0) is 16.2 Å². The van der Waals surface area contributed by atoms with E-state index in [-0.39, 0.29) is 18.3 Å². The van der Waals surface area contributed by atoms with E-state index in [9.17, 15) is 18.4 Å². The molecule has 8 heteroatoms. The van der Waals surface area contributed by atoms with Crippen LogP contribution >= 0.6 is 11.8 Å². The van der Waals surface area contributed by atoms with Crippen molar-refractivity contribution >= 4 is 35.1 Å². The number of urea groups is 1. The number of anilines is 2. The molecule has 0 aliphatic carbocycles. The topological polar surface area (TPSA) is 52.7 Å². The van der Waals surface area contributed by atoms with Crippen LogP contribution in [-0.4, -0.2) is 29.1 Å². The maximum Gasteiger partial charge on any atom is 0.323 e.